The van der Waals surface area contributed by atoms with Gasteiger partial charge in [-0.2, -0.15) is 0 Å². The molecule has 224 valence electrons. The van der Waals surface area contributed by atoms with Crippen molar-refractivity contribution in [3.8, 4) is 0 Å². The first-order valence-electron chi connectivity index (χ1n) is 15.4. The van der Waals surface area contributed by atoms with E-state index < -0.39 is 30.7 Å². The Morgan fingerprint density at radius 2 is 1.54 bits per heavy atom. The first-order valence-corrected chi connectivity index (χ1v) is 15.4. The molecule has 8 nitrogen and oxygen atoms in total. The van der Waals surface area contributed by atoms with Crippen LogP contribution in [0.25, 0.3) is 0 Å². The van der Waals surface area contributed by atoms with Gasteiger partial charge in [0.1, 0.15) is 18.3 Å². The lowest BCUT2D eigenvalue weighted by molar-refractivity contribution is -0.271. The molecule has 1 heterocycles. The van der Waals surface area contributed by atoms with Crippen molar-refractivity contribution in [2.24, 2.45) is 52.3 Å². The Kier molecular flexibility index (Phi) is 8.62. The predicted octanol–water partition coefficient (Wildman–Crippen LogP) is 2.23. The van der Waals surface area contributed by atoms with Crippen molar-refractivity contribution in [2.45, 2.75) is 116 Å². The van der Waals surface area contributed by atoms with Gasteiger partial charge in [0.05, 0.1) is 31.5 Å². The Morgan fingerprint density at radius 3 is 2.28 bits per heavy atom. The van der Waals surface area contributed by atoms with E-state index in [9.17, 15) is 30.6 Å². The number of ether oxygens (including phenoxy) is 2. The first-order chi connectivity index (χ1) is 18.4. The van der Waals surface area contributed by atoms with Gasteiger partial charge in [-0.05, 0) is 97.2 Å². The summed E-state index contributed by atoms with van der Waals surface area (Å²) < 4.78 is 11.1. The highest BCUT2D eigenvalue weighted by molar-refractivity contribution is 5.14. The number of allylic oxidation sites excluding steroid dienone is 1. The molecule has 1 saturated heterocycles. The van der Waals surface area contributed by atoms with Gasteiger partial charge in [-0.3, -0.25) is 0 Å². The third-order valence-corrected chi connectivity index (χ3v) is 12.1. The van der Waals surface area contributed by atoms with Crippen LogP contribution in [0.2, 0.25) is 0 Å². The minimum Gasteiger partial charge on any atom is -0.393 e. The molecule has 0 spiro atoms. The highest BCUT2D eigenvalue weighted by Crippen LogP contribution is 2.68. The minimum absolute atomic E-state index is 0.0121. The highest BCUT2D eigenvalue weighted by atomic mass is 16.7. The number of hydrogen-bond acceptors (Lipinski definition) is 8. The molecule has 0 amide bonds. The van der Waals surface area contributed by atoms with Gasteiger partial charge in [0.2, 0.25) is 0 Å². The van der Waals surface area contributed by atoms with Gasteiger partial charge in [0, 0.05) is 0 Å². The summed E-state index contributed by atoms with van der Waals surface area (Å²) in [7, 11) is 0. The van der Waals surface area contributed by atoms with Crippen LogP contribution in [-0.4, -0.2) is 86.8 Å². The maximum absolute atomic E-state index is 11.5. The molecule has 4 aliphatic carbocycles. The van der Waals surface area contributed by atoms with Crippen molar-refractivity contribution in [1.29, 1.82) is 0 Å². The summed E-state index contributed by atoms with van der Waals surface area (Å²) in [6.07, 6.45) is 4.85. The lowest BCUT2D eigenvalue weighted by Crippen LogP contribution is -2.59. The molecule has 4 saturated carbocycles. The Bertz CT molecular complexity index is 883. The normalized spacial score (nSPS) is 53.6. The lowest BCUT2D eigenvalue weighted by Gasteiger charge is -2.62. The first kappa shape index (κ1) is 29.9. The Morgan fingerprint density at radius 1 is 0.821 bits per heavy atom. The Balaban J connectivity index is 1.23. The van der Waals surface area contributed by atoms with E-state index in [4.69, 9.17) is 9.47 Å². The summed E-state index contributed by atoms with van der Waals surface area (Å²) in [5, 5.41) is 62.7. The average Bonchev–Trinajstić information content (AvgIpc) is 3.17. The van der Waals surface area contributed by atoms with Crippen LogP contribution in [0.5, 0.6) is 0 Å². The third-order valence-electron chi connectivity index (χ3n) is 12.1. The van der Waals surface area contributed by atoms with Crippen LogP contribution in [0.3, 0.4) is 0 Å². The number of aliphatic hydroxyl groups is 6. The van der Waals surface area contributed by atoms with Crippen LogP contribution in [0.15, 0.2) is 12.2 Å². The molecule has 0 radical (unpaired) electrons. The minimum atomic E-state index is -1.29. The number of rotatable bonds is 6. The van der Waals surface area contributed by atoms with Gasteiger partial charge < -0.3 is 40.1 Å². The van der Waals surface area contributed by atoms with Crippen LogP contribution in [0.4, 0.5) is 0 Å². The van der Waals surface area contributed by atoms with E-state index in [1.807, 2.05) is 6.92 Å². The van der Waals surface area contributed by atoms with Crippen LogP contribution < -0.4 is 0 Å². The van der Waals surface area contributed by atoms with Crippen molar-refractivity contribution in [2.75, 3.05) is 13.2 Å². The van der Waals surface area contributed by atoms with Crippen molar-refractivity contribution in [3.05, 3.63) is 12.2 Å². The summed E-state index contributed by atoms with van der Waals surface area (Å²) in [5.74, 6) is 1.82. The molecule has 5 rings (SSSR count). The van der Waals surface area contributed by atoms with E-state index in [0.29, 0.717) is 30.8 Å². The zero-order valence-electron chi connectivity index (χ0n) is 24.1. The van der Waals surface area contributed by atoms with Gasteiger partial charge in [-0.25, -0.2) is 0 Å². The molecule has 6 N–H and O–H groups in total. The standard InChI is InChI=1S/C31H52O8/c1-16(14-38-29-28(37)27(36)25(35)15-39-29)5-6-17(2)21-13-24(34)26-19-12-23(33)22-11-18(32)7-9-30(22,3)20(19)8-10-31(21,26)4/h5-6,16-29,32-37H,7-15H2,1-4H3/b6-5+/t16-,17-,18+,19+,20-,21-,22-,23+,24+,25-,26-,27+,28-,29-,30-,31-/m1/s1. The Hall–Kier alpha value is -0.580. The van der Waals surface area contributed by atoms with E-state index in [2.05, 4.69) is 32.9 Å². The van der Waals surface area contributed by atoms with Crippen molar-refractivity contribution in [3.63, 3.8) is 0 Å². The fraction of sp³-hybridized carbons (Fsp3) is 0.935. The molecule has 5 fully saturated rings. The molecule has 39 heavy (non-hydrogen) atoms. The van der Waals surface area contributed by atoms with E-state index in [1.54, 1.807) is 0 Å². The quantitative estimate of drug-likeness (QED) is 0.276. The van der Waals surface area contributed by atoms with E-state index in [1.165, 1.54) is 0 Å². The van der Waals surface area contributed by atoms with Gasteiger partial charge in [0.25, 0.3) is 0 Å². The molecule has 5 aliphatic rings. The molecular formula is C31H52O8. The van der Waals surface area contributed by atoms with Crippen LogP contribution in [-0.2, 0) is 9.47 Å². The molecule has 0 aromatic rings. The van der Waals surface area contributed by atoms with Gasteiger partial charge >= 0.3 is 0 Å². The second kappa shape index (κ2) is 11.3. The summed E-state index contributed by atoms with van der Waals surface area (Å²) in [5.41, 5.74) is 0.0452. The lowest BCUT2D eigenvalue weighted by atomic mass is 9.43. The topological polar surface area (TPSA) is 140 Å². The SMILES string of the molecule is C[C@H](/C=C/[C@@H](C)[C@H]1C[C@H](O)[C@H]2[C@H]3C[C@H](O)[C@H]4C[C@@H](O)CC[C@]4(C)[C@@H]3CC[C@@]21C)CO[C@@H]1OC[C@@H](O)[C@H](O)[C@H]1O. The molecule has 0 aromatic heterocycles. The summed E-state index contributed by atoms with van der Waals surface area (Å²) in [6, 6.07) is 0. The zero-order chi connectivity index (χ0) is 28.3. The van der Waals surface area contributed by atoms with E-state index >= 15 is 0 Å². The second-order valence-corrected chi connectivity index (χ2v) is 14.4. The van der Waals surface area contributed by atoms with Crippen LogP contribution >= 0.6 is 0 Å². The maximum atomic E-state index is 11.5. The van der Waals surface area contributed by atoms with Crippen LogP contribution in [0.1, 0.15) is 72.6 Å². The molecule has 8 heteroatoms. The summed E-state index contributed by atoms with van der Waals surface area (Å²) in [6.45, 7) is 9.23. The van der Waals surface area contributed by atoms with Gasteiger partial charge in [0.15, 0.2) is 6.29 Å². The van der Waals surface area contributed by atoms with Crippen LogP contribution in [0, 0.1) is 52.3 Å². The molecule has 0 unspecified atom stereocenters. The monoisotopic (exact) mass is 552 g/mol. The largest absolute Gasteiger partial charge is 0.393 e. The molecule has 0 aromatic carbocycles. The number of fused-ring (bicyclic) bond motifs is 5. The third kappa shape index (κ3) is 5.27. The van der Waals surface area contributed by atoms with Crippen molar-refractivity contribution < 1.29 is 40.1 Å². The van der Waals surface area contributed by atoms with E-state index in [0.717, 1.165) is 38.5 Å². The summed E-state index contributed by atoms with van der Waals surface area (Å²) in [4.78, 5) is 0. The van der Waals surface area contributed by atoms with Gasteiger partial charge in [-0.15, -0.1) is 0 Å². The number of aliphatic hydroxyl groups excluding tert-OH is 6. The maximum Gasteiger partial charge on any atom is 0.186 e. The fourth-order valence-corrected chi connectivity index (χ4v) is 9.94. The Labute approximate surface area is 233 Å². The van der Waals surface area contributed by atoms with Crippen molar-refractivity contribution in [1.82, 2.24) is 0 Å². The predicted molar refractivity (Wildman–Crippen MR) is 145 cm³/mol. The van der Waals surface area contributed by atoms with Crippen molar-refractivity contribution >= 4 is 0 Å². The molecule has 16 atom stereocenters. The average molecular weight is 553 g/mol. The molecule has 0 bridgehead atoms. The summed E-state index contributed by atoms with van der Waals surface area (Å²) >= 11 is 0. The smallest absolute Gasteiger partial charge is 0.186 e. The fourth-order valence-electron chi connectivity index (χ4n) is 9.94. The second-order valence-electron chi connectivity index (χ2n) is 14.4. The zero-order valence-corrected chi connectivity index (χ0v) is 24.1. The number of hydrogen-bond donors (Lipinski definition) is 6. The highest BCUT2D eigenvalue weighted by Gasteiger charge is 2.64. The van der Waals surface area contributed by atoms with E-state index in [-0.39, 0.29) is 53.3 Å². The molecule has 1 aliphatic heterocycles. The van der Waals surface area contributed by atoms with Gasteiger partial charge in [-0.1, -0.05) is 39.8 Å². The molecular weight excluding hydrogens is 500 g/mol.